The first-order valence-electron chi connectivity index (χ1n) is 5.76. The van der Waals surface area contributed by atoms with Gasteiger partial charge in [0.1, 0.15) is 5.02 Å². The Hall–Kier alpha value is -0.620. The monoisotopic (exact) mass is 291 g/mol. The third-order valence-electron chi connectivity index (χ3n) is 2.77. The molecule has 0 aliphatic carbocycles. The maximum absolute atomic E-state index is 11.9. The van der Waals surface area contributed by atoms with Crippen LogP contribution in [0.5, 0.6) is 0 Å². The van der Waals surface area contributed by atoms with Gasteiger partial charge in [0.15, 0.2) is 0 Å². The van der Waals surface area contributed by atoms with Gasteiger partial charge in [0.05, 0.1) is 30.1 Å². The molecule has 0 saturated carbocycles. The molecule has 0 amide bonds. The van der Waals surface area contributed by atoms with Crippen LogP contribution in [0.15, 0.2) is 11.0 Å². The van der Waals surface area contributed by atoms with Gasteiger partial charge >= 0.3 is 0 Å². The molecule has 0 spiro atoms. The van der Waals surface area contributed by atoms with Crippen LogP contribution in [0.1, 0.15) is 13.8 Å². The lowest BCUT2D eigenvalue weighted by molar-refractivity contribution is -0.0779. The van der Waals surface area contributed by atoms with Gasteiger partial charge in [0.25, 0.3) is 5.56 Å². The van der Waals surface area contributed by atoms with E-state index in [1.807, 2.05) is 13.8 Å². The van der Waals surface area contributed by atoms with E-state index in [4.69, 9.17) is 27.9 Å². The van der Waals surface area contributed by atoms with E-state index >= 15 is 0 Å². The van der Waals surface area contributed by atoms with Crippen LogP contribution in [-0.2, 0) is 11.4 Å². The van der Waals surface area contributed by atoms with E-state index in [-0.39, 0.29) is 27.8 Å². The third kappa shape index (κ3) is 3.03. The lowest BCUT2D eigenvalue weighted by Crippen LogP contribution is -2.47. The molecule has 2 heterocycles. The van der Waals surface area contributed by atoms with E-state index in [1.54, 1.807) is 0 Å². The average Bonchev–Trinajstić information content (AvgIpc) is 2.29. The van der Waals surface area contributed by atoms with Crippen molar-refractivity contribution in [3.8, 4) is 0 Å². The molecule has 2 rings (SSSR count). The second-order valence-electron chi connectivity index (χ2n) is 4.55. The van der Waals surface area contributed by atoms with Crippen molar-refractivity contribution in [1.29, 1.82) is 0 Å². The number of aromatic nitrogens is 2. The van der Waals surface area contributed by atoms with Gasteiger partial charge in [0, 0.05) is 13.1 Å². The number of morpholine rings is 1. The SMILES string of the molecule is C[C@@H]1CN(Cn2ncc(Cl)c(Cl)c2=O)C[C@H](C)O1. The Balaban J connectivity index is 2.14. The molecule has 0 radical (unpaired) electrons. The van der Waals surface area contributed by atoms with Gasteiger partial charge in [-0.1, -0.05) is 23.2 Å². The fourth-order valence-electron chi connectivity index (χ4n) is 2.13. The quantitative estimate of drug-likeness (QED) is 0.831. The van der Waals surface area contributed by atoms with Crippen molar-refractivity contribution in [3.63, 3.8) is 0 Å². The summed E-state index contributed by atoms with van der Waals surface area (Å²) in [4.78, 5) is 14.0. The van der Waals surface area contributed by atoms with Crippen molar-refractivity contribution in [1.82, 2.24) is 14.7 Å². The number of ether oxygens (including phenoxy) is 1. The molecule has 0 aromatic carbocycles. The Morgan fingerprint density at radius 3 is 2.61 bits per heavy atom. The van der Waals surface area contributed by atoms with Crippen LogP contribution in [0.3, 0.4) is 0 Å². The first-order chi connectivity index (χ1) is 8.47. The molecular weight excluding hydrogens is 277 g/mol. The van der Waals surface area contributed by atoms with Gasteiger partial charge in [-0.05, 0) is 13.8 Å². The molecule has 1 aliphatic rings. The van der Waals surface area contributed by atoms with Crippen LogP contribution >= 0.6 is 23.2 Å². The first kappa shape index (κ1) is 13.8. The Morgan fingerprint density at radius 2 is 2.00 bits per heavy atom. The van der Waals surface area contributed by atoms with Crippen LogP contribution in [0, 0.1) is 0 Å². The molecule has 2 atom stereocenters. The zero-order valence-electron chi connectivity index (χ0n) is 10.3. The van der Waals surface area contributed by atoms with E-state index in [0.29, 0.717) is 6.67 Å². The van der Waals surface area contributed by atoms with Gasteiger partial charge in [-0.25, -0.2) is 4.68 Å². The molecular formula is C11H15Cl2N3O2. The highest BCUT2D eigenvalue weighted by Crippen LogP contribution is 2.15. The molecule has 1 fully saturated rings. The van der Waals surface area contributed by atoms with Gasteiger partial charge in [-0.15, -0.1) is 0 Å². The molecule has 0 N–H and O–H groups in total. The third-order valence-corrected chi connectivity index (χ3v) is 3.52. The minimum Gasteiger partial charge on any atom is -0.373 e. The lowest BCUT2D eigenvalue weighted by atomic mass is 10.2. The lowest BCUT2D eigenvalue weighted by Gasteiger charge is -2.35. The molecule has 100 valence electrons. The van der Waals surface area contributed by atoms with Crippen LogP contribution in [0.4, 0.5) is 0 Å². The van der Waals surface area contributed by atoms with Gasteiger partial charge in [-0.2, -0.15) is 5.10 Å². The largest absolute Gasteiger partial charge is 0.373 e. The Labute approximate surface area is 115 Å². The van der Waals surface area contributed by atoms with Crippen molar-refractivity contribution in [2.45, 2.75) is 32.7 Å². The van der Waals surface area contributed by atoms with Gasteiger partial charge in [0.2, 0.25) is 0 Å². The summed E-state index contributed by atoms with van der Waals surface area (Å²) in [6.45, 7) is 5.94. The summed E-state index contributed by atoms with van der Waals surface area (Å²) >= 11 is 11.5. The average molecular weight is 292 g/mol. The number of rotatable bonds is 2. The van der Waals surface area contributed by atoms with Crippen molar-refractivity contribution in [2.24, 2.45) is 0 Å². The maximum atomic E-state index is 11.9. The molecule has 1 aromatic rings. The topological polar surface area (TPSA) is 47.4 Å². The number of hydrogen-bond acceptors (Lipinski definition) is 4. The van der Waals surface area contributed by atoms with Gasteiger partial charge < -0.3 is 4.74 Å². The molecule has 1 saturated heterocycles. The molecule has 0 unspecified atom stereocenters. The summed E-state index contributed by atoms with van der Waals surface area (Å²) in [7, 11) is 0. The first-order valence-corrected chi connectivity index (χ1v) is 6.52. The summed E-state index contributed by atoms with van der Waals surface area (Å²) in [5.74, 6) is 0. The predicted molar refractivity (Wildman–Crippen MR) is 70.1 cm³/mol. The Kier molecular flexibility index (Phi) is 4.27. The molecule has 18 heavy (non-hydrogen) atoms. The molecule has 0 bridgehead atoms. The van der Waals surface area contributed by atoms with Crippen LogP contribution in [0.25, 0.3) is 0 Å². The number of nitrogens with zero attached hydrogens (tertiary/aromatic N) is 3. The second-order valence-corrected chi connectivity index (χ2v) is 5.33. The minimum absolute atomic E-state index is 0.0148. The van der Waals surface area contributed by atoms with Gasteiger partial charge in [-0.3, -0.25) is 9.69 Å². The highest BCUT2D eigenvalue weighted by Gasteiger charge is 2.23. The van der Waals surface area contributed by atoms with Crippen molar-refractivity contribution >= 4 is 23.2 Å². The van der Waals surface area contributed by atoms with E-state index in [0.717, 1.165) is 13.1 Å². The van der Waals surface area contributed by atoms with E-state index < -0.39 is 0 Å². The van der Waals surface area contributed by atoms with Crippen molar-refractivity contribution in [3.05, 3.63) is 26.6 Å². The normalized spacial score (nSPS) is 25.3. The summed E-state index contributed by atoms with van der Waals surface area (Å²) in [5, 5.41) is 4.19. The fourth-order valence-corrected chi connectivity index (χ4v) is 2.41. The zero-order chi connectivity index (χ0) is 13.3. The molecule has 1 aliphatic heterocycles. The van der Waals surface area contributed by atoms with Crippen molar-refractivity contribution < 1.29 is 4.74 Å². The standard InChI is InChI=1S/C11H15Cl2N3O2/c1-7-4-15(5-8(2)18-7)6-16-11(17)10(13)9(12)3-14-16/h3,7-8H,4-6H2,1-2H3/t7-,8+. The minimum atomic E-state index is -0.365. The molecule has 7 heteroatoms. The summed E-state index contributed by atoms with van der Waals surface area (Å²) in [6, 6.07) is 0. The highest BCUT2D eigenvalue weighted by molar-refractivity contribution is 6.41. The Bertz CT molecular complexity index is 482. The highest BCUT2D eigenvalue weighted by atomic mass is 35.5. The number of halogens is 2. The number of hydrogen-bond donors (Lipinski definition) is 0. The second kappa shape index (κ2) is 5.57. The van der Waals surface area contributed by atoms with E-state index in [2.05, 4.69) is 10.00 Å². The Morgan fingerprint density at radius 1 is 1.39 bits per heavy atom. The van der Waals surface area contributed by atoms with Crippen LogP contribution in [0.2, 0.25) is 10.0 Å². The van der Waals surface area contributed by atoms with Crippen LogP contribution < -0.4 is 5.56 Å². The van der Waals surface area contributed by atoms with Crippen molar-refractivity contribution in [2.75, 3.05) is 13.1 Å². The summed E-state index contributed by atoms with van der Waals surface area (Å²) in [6.07, 6.45) is 1.68. The predicted octanol–water partition coefficient (Wildman–Crippen LogP) is 1.62. The molecule has 5 nitrogen and oxygen atoms in total. The fraction of sp³-hybridized carbons (Fsp3) is 0.636. The van der Waals surface area contributed by atoms with E-state index in [1.165, 1.54) is 10.9 Å². The summed E-state index contributed by atoms with van der Waals surface area (Å²) < 4.78 is 6.95. The van der Waals surface area contributed by atoms with Crippen LogP contribution in [-0.4, -0.2) is 40.0 Å². The maximum Gasteiger partial charge on any atom is 0.288 e. The van der Waals surface area contributed by atoms with E-state index in [9.17, 15) is 4.79 Å². The zero-order valence-corrected chi connectivity index (χ0v) is 11.8. The smallest absolute Gasteiger partial charge is 0.288 e. The molecule has 1 aromatic heterocycles. The summed E-state index contributed by atoms with van der Waals surface area (Å²) in [5.41, 5.74) is -0.365.